The maximum atomic E-state index is 12.2. The Labute approximate surface area is 185 Å². The molecule has 1 unspecified atom stereocenters. The predicted octanol–water partition coefficient (Wildman–Crippen LogP) is 6.82. The van der Waals surface area contributed by atoms with Crippen molar-refractivity contribution in [2.75, 3.05) is 0 Å². The van der Waals surface area contributed by atoms with Crippen molar-refractivity contribution in [3.8, 4) is 23.0 Å². The zero-order valence-corrected chi connectivity index (χ0v) is 18.7. The number of aryl methyl sites for hydroxylation is 1. The molecule has 1 atom stereocenters. The number of benzene rings is 3. The van der Waals surface area contributed by atoms with Crippen LogP contribution in [0, 0.1) is 12.8 Å². The van der Waals surface area contributed by atoms with Crippen LogP contribution in [-0.4, -0.2) is 23.2 Å². The standard InChI is InChI=1S/C20H17O3P.C4H9.Li/c1-14-12-13-17(22-15-8-4-2-5-9-15)18(20(21)24)19(14)23-16-10-6-3-7-11-16;1-4(2)3;/h2-13H,24H2,1H3;4H,1H2,2-3H3;. The Morgan fingerprint density at radius 3 is 1.83 bits per heavy atom. The van der Waals surface area contributed by atoms with Gasteiger partial charge in [-0.05, 0) is 42.8 Å². The Kier molecular flexibility index (Phi) is 9.49. The molecule has 0 aliphatic heterocycles. The summed E-state index contributed by atoms with van der Waals surface area (Å²) in [5, 5.41) is 1.31. The summed E-state index contributed by atoms with van der Waals surface area (Å²) >= 11 is 2.20. The molecule has 0 aromatic heterocycles. The first kappa shape index (κ1) is 23.2. The van der Waals surface area contributed by atoms with Gasteiger partial charge in [0.05, 0.1) is 0 Å². The summed E-state index contributed by atoms with van der Waals surface area (Å²) in [5.41, 5.74) is 1.09. The first-order valence-corrected chi connectivity index (χ1v) is 10.4. The van der Waals surface area contributed by atoms with E-state index in [4.69, 9.17) is 9.47 Å². The number of ether oxygens (including phenoxy) is 2. The van der Waals surface area contributed by atoms with Crippen LogP contribution in [0.1, 0.15) is 29.8 Å². The van der Waals surface area contributed by atoms with E-state index in [-0.39, 0.29) is 5.52 Å². The van der Waals surface area contributed by atoms with E-state index < -0.39 is 0 Å². The van der Waals surface area contributed by atoms with Gasteiger partial charge >= 0.3 is 42.6 Å². The molecule has 0 spiro atoms. The Morgan fingerprint density at radius 2 is 1.38 bits per heavy atom. The third kappa shape index (κ3) is 7.37. The minimum absolute atomic E-state index is 0.185. The summed E-state index contributed by atoms with van der Waals surface area (Å²) in [4.78, 5) is 12.2. The molecule has 0 amide bonds. The van der Waals surface area contributed by atoms with Crippen molar-refractivity contribution >= 4 is 32.5 Å². The Hall–Kier alpha value is -2.04. The fraction of sp³-hybridized carbons (Fsp3) is 0.208. The molecule has 0 aliphatic carbocycles. The van der Waals surface area contributed by atoms with Crippen LogP contribution in [0.4, 0.5) is 0 Å². The summed E-state index contributed by atoms with van der Waals surface area (Å²) in [5.74, 6) is 3.20. The van der Waals surface area contributed by atoms with Crippen LogP contribution in [0.15, 0.2) is 72.8 Å². The monoisotopic (exact) mass is 400 g/mol. The molecule has 0 aliphatic rings. The van der Waals surface area contributed by atoms with Crippen LogP contribution in [-0.2, 0) is 0 Å². The van der Waals surface area contributed by atoms with Crippen molar-refractivity contribution < 1.29 is 14.3 Å². The molecule has 3 aromatic carbocycles. The molecule has 3 aromatic rings. The maximum absolute atomic E-state index is 12.2. The topological polar surface area (TPSA) is 35.5 Å². The zero-order valence-electron chi connectivity index (χ0n) is 17.5. The second-order valence-corrected chi connectivity index (χ2v) is 7.61. The van der Waals surface area contributed by atoms with E-state index in [1.807, 2.05) is 73.7 Å². The van der Waals surface area contributed by atoms with Crippen LogP contribution in [0.5, 0.6) is 23.0 Å². The van der Waals surface area contributed by atoms with Crippen LogP contribution in [0.3, 0.4) is 0 Å². The van der Waals surface area contributed by atoms with Crippen molar-refractivity contribution in [2.24, 2.45) is 5.92 Å². The van der Waals surface area contributed by atoms with Crippen LogP contribution in [0.25, 0.3) is 0 Å². The SMILES string of the molecule is Cc1ccc(Oc2ccccc2)c(C(=O)P)c1Oc1ccccc1.[Li][CH2]C(C)C. The first-order valence-electron chi connectivity index (χ1n) is 9.81. The molecule has 146 valence electrons. The van der Waals surface area contributed by atoms with Gasteiger partial charge in [0.15, 0.2) is 5.52 Å². The molecular formula is C24H26LiO3P. The molecule has 29 heavy (non-hydrogen) atoms. The van der Waals surface area contributed by atoms with Gasteiger partial charge in [-0.1, -0.05) is 51.7 Å². The van der Waals surface area contributed by atoms with Crippen molar-refractivity contribution in [2.45, 2.75) is 25.9 Å². The number of hydrogen-bond acceptors (Lipinski definition) is 3. The summed E-state index contributed by atoms with van der Waals surface area (Å²) in [6.07, 6.45) is 0. The molecule has 0 saturated carbocycles. The summed E-state index contributed by atoms with van der Waals surface area (Å²) in [7, 11) is 2.20. The third-order valence-corrected chi connectivity index (χ3v) is 4.60. The van der Waals surface area contributed by atoms with Gasteiger partial charge < -0.3 is 9.47 Å². The summed E-state index contributed by atoms with van der Waals surface area (Å²) < 4.78 is 11.9. The third-order valence-electron chi connectivity index (χ3n) is 4.31. The second kappa shape index (κ2) is 11.8. The van der Waals surface area contributed by atoms with E-state index in [1.165, 1.54) is 5.09 Å². The van der Waals surface area contributed by atoms with Crippen molar-refractivity contribution in [3.63, 3.8) is 0 Å². The van der Waals surface area contributed by atoms with Gasteiger partial charge in [0.1, 0.15) is 28.6 Å². The molecule has 3 rings (SSSR count). The quantitative estimate of drug-likeness (QED) is 0.336. The van der Waals surface area contributed by atoms with Crippen LogP contribution in [0.2, 0.25) is 5.09 Å². The molecule has 0 N–H and O–H groups in total. The van der Waals surface area contributed by atoms with E-state index in [1.54, 1.807) is 6.07 Å². The zero-order chi connectivity index (χ0) is 21.2. The van der Waals surface area contributed by atoms with Gasteiger partial charge in [-0.15, -0.1) is 0 Å². The van der Waals surface area contributed by atoms with Gasteiger partial charge in [0.2, 0.25) is 0 Å². The average molecular weight is 400 g/mol. The predicted molar refractivity (Wildman–Crippen MR) is 124 cm³/mol. The first-order chi connectivity index (χ1) is 13.9. The van der Waals surface area contributed by atoms with E-state index in [9.17, 15) is 4.79 Å². The summed E-state index contributed by atoms with van der Waals surface area (Å²) in [6, 6.07) is 22.4. The van der Waals surface area contributed by atoms with Crippen molar-refractivity contribution in [1.29, 1.82) is 0 Å². The average Bonchev–Trinajstić information content (AvgIpc) is 2.72. The van der Waals surface area contributed by atoms with Crippen LogP contribution >= 0.6 is 9.24 Å². The number of carbonyl (C=O) groups is 1. The Morgan fingerprint density at radius 1 is 0.897 bits per heavy atom. The normalized spacial score (nSPS) is 10.2. The van der Waals surface area contributed by atoms with Gasteiger partial charge in [-0.3, -0.25) is 4.79 Å². The molecule has 0 saturated heterocycles. The van der Waals surface area contributed by atoms with Gasteiger partial charge in [0.25, 0.3) is 0 Å². The second-order valence-electron chi connectivity index (χ2n) is 7.08. The molecule has 3 nitrogen and oxygen atoms in total. The molecule has 0 fully saturated rings. The van der Waals surface area contributed by atoms with E-state index in [2.05, 4.69) is 40.8 Å². The van der Waals surface area contributed by atoms with Gasteiger partial charge in [0, 0.05) is 0 Å². The van der Waals surface area contributed by atoms with E-state index in [0.29, 0.717) is 28.6 Å². The van der Waals surface area contributed by atoms with E-state index >= 15 is 0 Å². The fourth-order valence-electron chi connectivity index (χ4n) is 2.34. The number of rotatable bonds is 6. The summed E-state index contributed by atoms with van der Waals surface area (Å²) in [6.45, 7) is 6.35. The van der Waals surface area contributed by atoms with E-state index in [0.717, 1.165) is 11.5 Å². The van der Waals surface area contributed by atoms with Crippen molar-refractivity contribution in [3.05, 3.63) is 83.9 Å². The molecule has 0 bridgehead atoms. The number of carbonyl (C=O) groups excluding carboxylic acids is 1. The van der Waals surface area contributed by atoms with Gasteiger partial charge in [-0.25, -0.2) is 0 Å². The Balaban J connectivity index is 0.000000537. The number of hydrogen-bond donors (Lipinski definition) is 0. The van der Waals surface area contributed by atoms with Gasteiger partial charge in [-0.2, -0.15) is 0 Å². The Bertz CT molecular complexity index is 912. The minimum atomic E-state index is -0.185. The molecule has 0 radical (unpaired) electrons. The fourth-order valence-corrected chi connectivity index (χ4v) is 2.61. The molecule has 0 heterocycles. The molecular weight excluding hydrogens is 374 g/mol. The molecule has 5 heteroatoms. The number of para-hydroxylation sites is 2. The van der Waals surface area contributed by atoms with Crippen molar-refractivity contribution in [1.82, 2.24) is 0 Å². The van der Waals surface area contributed by atoms with Crippen LogP contribution < -0.4 is 9.47 Å².